The number of alkyl halides is 3. The van der Waals surface area contributed by atoms with Crippen LogP contribution < -0.4 is 5.32 Å². The fraction of sp³-hybridized carbons (Fsp3) is 0.600. The maximum Gasteiger partial charge on any atom is 0.416 e. The van der Waals surface area contributed by atoms with E-state index >= 15 is 0 Å². The molecule has 1 saturated carbocycles. The lowest BCUT2D eigenvalue weighted by Gasteiger charge is -2.21. The van der Waals surface area contributed by atoms with E-state index in [2.05, 4.69) is 5.32 Å². The Morgan fingerprint density at radius 1 is 1.10 bits per heavy atom. The molecule has 0 radical (unpaired) electrons. The minimum atomic E-state index is -4.50. The Kier molecular flexibility index (Phi) is 4.89. The van der Waals surface area contributed by atoms with Crippen LogP contribution in [0, 0.1) is 11.7 Å². The van der Waals surface area contributed by atoms with E-state index in [1.54, 1.807) is 0 Å². The molecule has 0 atom stereocenters. The monoisotopic (exact) mass is 289 g/mol. The third-order valence-electron chi connectivity index (χ3n) is 3.89. The van der Waals surface area contributed by atoms with Gasteiger partial charge >= 0.3 is 6.18 Å². The molecule has 0 heterocycles. The van der Waals surface area contributed by atoms with E-state index in [1.165, 1.54) is 38.2 Å². The summed E-state index contributed by atoms with van der Waals surface area (Å²) in [7, 11) is 0. The van der Waals surface area contributed by atoms with Crippen molar-refractivity contribution in [1.29, 1.82) is 0 Å². The van der Waals surface area contributed by atoms with Crippen LogP contribution in [0.5, 0.6) is 0 Å². The van der Waals surface area contributed by atoms with Crippen molar-refractivity contribution in [3.05, 3.63) is 29.6 Å². The fourth-order valence-electron chi connectivity index (χ4n) is 2.72. The summed E-state index contributed by atoms with van der Waals surface area (Å²) >= 11 is 0. The molecule has 1 nitrogen and oxygen atoms in total. The third-order valence-corrected chi connectivity index (χ3v) is 3.89. The SMILES string of the molecule is Fc1cc(C(F)(F)F)ccc1NCCC1CCCCC1. The molecule has 0 aromatic heterocycles. The van der Waals surface area contributed by atoms with Gasteiger partial charge in [-0.2, -0.15) is 13.2 Å². The maximum absolute atomic E-state index is 13.6. The zero-order chi connectivity index (χ0) is 14.6. The van der Waals surface area contributed by atoms with Crippen LogP contribution in [0.2, 0.25) is 0 Å². The molecule has 112 valence electrons. The van der Waals surface area contributed by atoms with Gasteiger partial charge in [-0.15, -0.1) is 0 Å². The molecule has 1 aliphatic rings. The number of halogens is 4. The summed E-state index contributed by atoms with van der Waals surface area (Å²) in [5.74, 6) is -0.183. The molecule has 20 heavy (non-hydrogen) atoms. The summed E-state index contributed by atoms with van der Waals surface area (Å²) in [4.78, 5) is 0. The number of anilines is 1. The predicted octanol–water partition coefficient (Wildman–Crippen LogP) is 5.23. The second kappa shape index (κ2) is 6.46. The molecule has 5 heteroatoms. The molecule has 2 rings (SSSR count). The summed E-state index contributed by atoms with van der Waals surface area (Å²) in [6.45, 7) is 0.604. The lowest BCUT2D eigenvalue weighted by molar-refractivity contribution is -0.137. The van der Waals surface area contributed by atoms with Crippen LogP contribution >= 0.6 is 0 Å². The highest BCUT2D eigenvalue weighted by atomic mass is 19.4. The average Bonchev–Trinajstić information content (AvgIpc) is 2.40. The Labute approximate surface area is 116 Å². The summed E-state index contributed by atoms with van der Waals surface area (Å²) < 4.78 is 50.8. The quantitative estimate of drug-likeness (QED) is 0.749. The van der Waals surface area contributed by atoms with Gasteiger partial charge in [0.15, 0.2) is 0 Å². The van der Waals surface area contributed by atoms with E-state index < -0.39 is 17.6 Å². The molecule has 1 aromatic carbocycles. The second-order valence-corrected chi connectivity index (χ2v) is 5.41. The predicted molar refractivity (Wildman–Crippen MR) is 71.1 cm³/mol. The first-order chi connectivity index (χ1) is 9.47. The summed E-state index contributed by atoms with van der Waals surface area (Å²) in [5.41, 5.74) is -0.804. The number of rotatable bonds is 4. The minimum absolute atomic E-state index is 0.147. The van der Waals surface area contributed by atoms with Crippen molar-refractivity contribution in [1.82, 2.24) is 0 Å². The van der Waals surface area contributed by atoms with Crippen molar-refractivity contribution in [2.45, 2.75) is 44.7 Å². The Bertz CT molecular complexity index is 436. The van der Waals surface area contributed by atoms with Crippen LogP contribution in [0.1, 0.15) is 44.1 Å². The molecule has 1 aromatic rings. The first kappa shape index (κ1) is 15.1. The minimum Gasteiger partial charge on any atom is -0.383 e. The first-order valence-electron chi connectivity index (χ1n) is 7.07. The lowest BCUT2D eigenvalue weighted by Crippen LogP contribution is -2.13. The van der Waals surface area contributed by atoms with Gasteiger partial charge in [0.05, 0.1) is 11.3 Å². The standard InChI is InChI=1S/C15H19F4N/c16-13-10-12(15(17,18)19)6-7-14(13)20-9-8-11-4-2-1-3-5-11/h6-7,10-11,20H,1-5,8-9H2. The summed E-state index contributed by atoms with van der Waals surface area (Å²) in [5, 5.41) is 2.90. The van der Waals surface area contributed by atoms with Crippen molar-refractivity contribution in [2.24, 2.45) is 5.92 Å². The molecule has 0 spiro atoms. The van der Waals surface area contributed by atoms with Gasteiger partial charge in [-0.1, -0.05) is 32.1 Å². The van der Waals surface area contributed by atoms with Crippen molar-refractivity contribution >= 4 is 5.69 Å². The van der Waals surface area contributed by atoms with E-state index in [9.17, 15) is 17.6 Å². The highest BCUT2D eigenvalue weighted by molar-refractivity contribution is 5.46. The molecule has 1 fully saturated rings. The second-order valence-electron chi connectivity index (χ2n) is 5.41. The van der Waals surface area contributed by atoms with Crippen molar-refractivity contribution in [2.75, 3.05) is 11.9 Å². The molecule has 0 bridgehead atoms. The molecule has 1 aliphatic carbocycles. The van der Waals surface area contributed by atoms with Gasteiger partial charge in [0.2, 0.25) is 0 Å². The molecular formula is C15H19F4N. The fourth-order valence-corrected chi connectivity index (χ4v) is 2.72. The van der Waals surface area contributed by atoms with E-state index in [4.69, 9.17) is 0 Å². The van der Waals surface area contributed by atoms with Gasteiger partial charge < -0.3 is 5.32 Å². The Hall–Kier alpha value is -1.26. The molecule has 0 unspecified atom stereocenters. The highest BCUT2D eigenvalue weighted by Gasteiger charge is 2.31. The van der Waals surface area contributed by atoms with Crippen LogP contribution in [0.15, 0.2) is 18.2 Å². The number of hydrogen-bond acceptors (Lipinski definition) is 1. The van der Waals surface area contributed by atoms with Gasteiger partial charge in [0, 0.05) is 6.54 Å². The topological polar surface area (TPSA) is 12.0 Å². The third kappa shape index (κ3) is 4.12. The van der Waals surface area contributed by atoms with Crippen LogP contribution in [-0.4, -0.2) is 6.54 Å². The molecule has 0 amide bonds. The zero-order valence-electron chi connectivity index (χ0n) is 11.3. The number of hydrogen-bond donors (Lipinski definition) is 1. The van der Waals surface area contributed by atoms with Crippen LogP contribution in [0.3, 0.4) is 0 Å². The maximum atomic E-state index is 13.6. The van der Waals surface area contributed by atoms with E-state index in [0.29, 0.717) is 18.5 Å². The highest BCUT2D eigenvalue weighted by Crippen LogP contribution is 2.31. The van der Waals surface area contributed by atoms with E-state index in [-0.39, 0.29) is 5.69 Å². The van der Waals surface area contributed by atoms with Crippen molar-refractivity contribution in [3.63, 3.8) is 0 Å². The van der Waals surface area contributed by atoms with Gasteiger partial charge in [0.1, 0.15) is 5.82 Å². The summed E-state index contributed by atoms with van der Waals surface area (Å²) in [6, 6.07) is 2.62. The molecule has 0 saturated heterocycles. The largest absolute Gasteiger partial charge is 0.416 e. The first-order valence-corrected chi connectivity index (χ1v) is 7.07. The zero-order valence-corrected chi connectivity index (χ0v) is 11.3. The lowest BCUT2D eigenvalue weighted by atomic mass is 9.87. The average molecular weight is 289 g/mol. The number of benzene rings is 1. The van der Waals surface area contributed by atoms with E-state index in [0.717, 1.165) is 12.5 Å². The number of nitrogens with one attached hydrogen (secondary N) is 1. The van der Waals surface area contributed by atoms with Crippen LogP contribution in [-0.2, 0) is 6.18 Å². The molecule has 1 N–H and O–H groups in total. The summed E-state index contributed by atoms with van der Waals surface area (Å²) in [6.07, 6.45) is 2.65. The normalized spacial score (nSPS) is 17.2. The smallest absolute Gasteiger partial charge is 0.383 e. The molecular weight excluding hydrogens is 270 g/mol. The van der Waals surface area contributed by atoms with Crippen molar-refractivity contribution < 1.29 is 17.6 Å². The molecule has 0 aliphatic heterocycles. The van der Waals surface area contributed by atoms with Crippen LogP contribution in [0.4, 0.5) is 23.2 Å². The van der Waals surface area contributed by atoms with Gasteiger partial charge in [-0.25, -0.2) is 4.39 Å². The Morgan fingerprint density at radius 3 is 2.40 bits per heavy atom. The van der Waals surface area contributed by atoms with Gasteiger partial charge in [0.25, 0.3) is 0 Å². The Morgan fingerprint density at radius 2 is 1.80 bits per heavy atom. The van der Waals surface area contributed by atoms with Crippen molar-refractivity contribution in [3.8, 4) is 0 Å². The van der Waals surface area contributed by atoms with E-state index in [1.807, 2.05) is 0 Å². The Balaban J connectivity index is 1.86. The van der Waals surface area contributed by atoms with Crippen LogP contribution in [0.25, 0.3) is 0 Å². The van der Waals surface area contributed by atoms with Gasteiger partial charge in [-0.3, -0.25) is 0 Å². The van der Waals surface area contributed by atoms with Gasteiger partial charge in [-0.05, 0) is 30.5 Å².